The zero-order chi connectivity index (χ0) is 22.1. The number of methoxy groups -OCH3 is 1. The first kappa shape index (κ1) is 22.5. The van der Waals surface area contributed by atoms with Crippen molar-refractivity contribution in [1.29, 1.82) is 0 Å². The van der Waals surface area contributed by atoms with Crippen LogP contribution in [0.25, 0.3) is 0 Å². The van der Waals surface area contributed by atoms with E-state index in [1.807, 2.05) is 36.4 Å². The minimum absolute atomic E-state index is 0.0867. The van der Waals surface area contributed by atoms with Crippen LogP contribution in [0.2, 0.25) is 0 Å². The molecule has 0 amide bonds. The first-order valence-electron chi connectivity index (χ1n) is 10.7. The normalized spacial score (nSPS) is 13.9. The van der Waals surface area contributed by atoms with E-state index < -0.39 is 0 Å². The number of carbonyl (C=O) groups excluding carboxylic acids is 1. The standard InChI is InChI=1S/C28H31NO2/c1-4-14-26(28(30)31-3)27(25-19-12-7-13-20-25)29(21-23-15-8-5-9-16-23)22(2)24-17-10-6-11-18-24/h4-13,15-20,22,26-27H,1,14,21H2,2-3H3/t22-,26-,27-/m0/s1. The van der Waals surface area contributed by atoms with Gasteiger partial charge in [-0.15, -0.1) is 6.58 Å². The maximum absolute atomic E-state index is 12.9. The highest BCUT2D eigenvalue weighted by Crippen LogP contribution is 2.39. The molecule has 3 atom stereocenters. The molecule has 3 aromatic rings. The molecule has 0 aliphatic heterocycles. The van der Waals surface area contributed by atoms with Crippen molar-refractivity contribution in [3.05, 3.63) is 120 Å². The summed E-state index contributed by atoms with van der Waals surface area (Å²) in [5, 5.41) is 0. The third-order valence-electron chi connectivity index (χ3n) is 5.79. The van der Waals surface area contributed by atoms with Crippen LogP contribution >= 0.6 is 0 Å². The molecule has 3 rings (SSSR count). The Labute approximate surface area is 186 Å². The molecule has 0 N–H and O–H groups in total. The van der Waals surface area contributed by atoms with Crippen LogP contribution in [0.3, 0.4) is 0 Å². The van der Waals surface area contributed by atoms with E-state index in [-0.39, 0.29) is 24.0 Å². The van der Waals surface area contributed by atoms with Crippen LogP contribution in [0.1, 0.15) is 42.1 Å². The van der Waals surface area contributed by atoms with Gasteiger partial charge < -0.3 is 4.74 Å². The summed E-state index contributed by atoms with van der Waals surface area (Å²) in [5.41, 5.74) is 3.51. The Balaban J connectivity index is 2.13. The van der Waals surface area contributed by atoms with E-state index in [2.05, 4.69) is 79.1 Å². The van der Waals surface area contributed by atoms with Crippen LogP contribution < -0.4 is 0 Å². The summed E-state index contributed by atoms with van der Waals surface area (Å²) in [7, 11) is 1.46. The molecule has 3 aromatic carbocycles. The summed E-state index contributed by atoms with van der Waals surface area (Å²) >= 11 is 0. The summed E-state index contributed by atoms with van der Waals surface area (Å²) in [6.45, 7) is 6.83. The molecule has 3 heteroatoms. The Bertz CT molecular complexity index is 941. The zero-order valence-electron chi connectivity index (χ0n) is 18.4. The molecule has 0 spiro atoms. The number of benzene rings is 3. The van der Waals surface area contributed by atoms with Gasteiger partial charge in [0.2, 0.25) is 0 Å². The number of carbonyl (C=O) groups is 1. The van der Waals surface area contributed by atoms with Gasteiger partial charge in [-0.3, -0.25) is 9.69 Å². The van der Waals surface area contributed by atoms with Crippen molar-refractivity contribution in [3.63, 3.8) is 0 Å². The van der Waals surface area contributed by atoms with Crippen molar-refractivity contribution >= 4 is 5.97 Å². The van der Waals surface area contributed by atoms with E-state index in [1.54, 1.807) is 0 Å². The average molecular weight is 414 g/mol. The molecule has 160 valence electrons. The average Bonchev–Trinajstić information content (AvgIpc) is 2.84. The second kappa shape index (κ2) is 11.3. The molecule has 0 radical (unpaired) electrons. The van der Waals surface area contributed by atoms with E-state index in [9.17, 15) is 4.79 Å². The predicted octanol–water partition coefficient (Wildman–Crippen LogP) is 6.36. The van der Waals surface area contributed by atoms with E-state index in [4.69, 9.17) is 4.74 Å². The number of rotatable bonds is 10. The summed E-state index contributed by atoms with van der Waals surface area (Å²) < 4.78 is 5.24. The van der Waals surface area contributed by atoms with Gasteiger partial charge >= 0.3 is 5.97 Å². The third-order valence-corrected chi connectivity index (χ3v) is 5.79. The summed E-state index contributed by atoms with van der Waals surface area (Å²) in [6.07, 6.45) is 2.35. The SMILES string of the molecule is C=CC[C@H](C(=O)OC)[C@H](c1ccccc1)N(Cc1ccccc1)[C@@H](C)c1ccccc1. The fourth-order valence-electron chi connectivity index (χ4n) is 4.18. The molecule has 0 aliphatic rings. The maximum atomic E-state index is 12.9. The van der Waals surface area contributed by atoms with Crippen molar-refractivity contribution < 1.29 is 9.53 Å². The monoisotopic (exact) mass is 413 g/mol. The summed E-state index contributed by atoms with van der Waals surface area (Å²) in [5.74, 6) is -0.577. The third kappa shape index (κ3) is 5.71. The van der Waals surface area contributed by atoms with Gasteiger partial charge in [0, 0.05) is 18.6 Å². The van der Waals surface area contributed by atoms with Crippen molar-refractivity contribution in [3.8, 4) is 0 Å². The van der Waals surface area contributed by atoms with Crippen molar-refractivity contribution in [1.82, 2.24) is 4.90 Å². The van der Waals surface area contributed by atoms with Crippen LogP contribution in [-0.2, 0) is 16.1 Å². The van der Waals surface area contributed by atoms with Crippen LogP contribution in [0.15, 0.2) is 104 Å². The highest BCUT2D eigenvalue weighted by Gasteiger charge is 2.36. The Morgan fingerprint density at radius 3 is 1.94 bits per heavy atom. The lowest BCUT2D eigenvalue weighted by Gasteiger charge is -2.40. The van der Waals surface area contributed by atoms with E-state index in [0.29, 0.717) is 13.0 Å². The zero-order valence-corrected chi connectivity index (χ0v) is 18.4. The molecule has 0 bridgehead atoms. The number of allylic oxidation sites excluding steroid dienone is 1. The highest BCUT2D eigenvalue weighted by atomic mass is 16.5. The molecule has 31 heavy (non-hydrogen) atoms. The van der Waals surface area contributed by atoms with Gasteiger partial charge in [0.15, 0.2) is 0 Å². The van der Waals surface area contributed by atoms with Gasteiger partial charge in [0.25, 0.3) is 0 Å². The fraction of sp³-hybridized carbons (Fsp3) is 0.250. The van der Waals surface area contributed by atoms with Gasteiger partial charge in [-0.1, -0.05) is 97.1 Å². The maximum Gasteiger partial charge on any atom is 0.310 e. The van der Waals surface area contributed by atoms with Gasteiger partial charge in [0.1, 0.15) is 0 Å². The predicted molar refractivity (Wildman–Crippen MR) is 126 cm³/mol. The van der Waals surface area contributed by atoms with E-state index in [0.717, 1.165) is 5.56 Å². The molecule has 0 saturated carbocycles. The molecule has 0 aliphatic carbocycles. The minimum atomic E-state index is -0.361. The van der Waals surface area contributed by atoms with Crippen molar-refractivity contribution in [2.24, 2.45) is 5.92 Å². The Kier molecular flexibility index (Phi) is 8.19. The lowest BCUT2D eigenvalue weighted by Crippen LogP contribution is -2.38. The van der Waals surface area contributed by atoms with Crippen LogP contribution in [0.4, 0.5) is 0 Å². The van der Waals surface area contributed by atoms with Gasteiger partial charge in [-0.2, -0.15) is 0 Å². The second-order valence-corrected chi connectivity index (χ2v) is 7.75. The summed E-state index contributed by atoms with van der Waals surface area (Å²) in [6, 6.07) is 31.0. The second-order valence-electron chi connectivity index (χ2n) is 7.75. The molecule has 0 fully saturated rings. The number of ether oxygens (including phenoxy) is 1. The van der Waals surface area contributed by atoms with Crippen LogP contribution in [0, 0.1) is 5.92 Å². The smallest absolute Gasteiger partial charge is 0.310 e. The van der Waals surface area contributed by atoms with Crippen molar-refractivity contribution in [2.45, 2.75) is 32.0 Å². The van der Waals surface area contributed by atoms with Gasteiger partial charge in [-0.05, 0) is 30.0 Å². The molecular formula is C28H31NO2. The molecular weight excluding hydrogens is 382 g/mol. The largest absolute Gasteiger partial charge is 0.469 e. The topological polar surface area (TPSA) is 29.5 Å². The lowest BCUT2D eigenvalue weighted by molar-refractivity contribution is -0.148. The Morgan fingerprint density at radius 2 is 1.42 bits per heavy atom. The molecule has 0 saturated heterocycles. The van der Waals surface area contributed by atoms with Gasteiger partial charge in [-0.25, -0.2) is 0 Å². The van der Waals surface area contributed by atoms with E-state index >= 15 is 0 Å². The number of nitrogens with zero attached hydrogens (tertiary/aromatic N) is 1. The van der Waals surface area contributed by atoms with Crippen LogP contribution in [-0.4, -0.2) is 18.0 Å². The molecule has 0 heterocycles. The number of hydrogen-bond donors (Lipinski definition) is 0. The first-order chi connectivity index (χ1) is 15.2. The highest BCUT2D eigenvalue weighted by molar-refractivity contribution is 5.73. The summed E-state index contributed by atoms with van der Waals surface area (Å²) in [4.78, 5) is 15.3. The number of esters is 1. The molecule has 0 unspecified atom stereocenters. The fourth-order valence-corrected chi connectivity index (χ4v) is 4.18. The van der Waals surface area contributed by atoms with E-state index in [1.165, 1.54) is 18.2 Å². The van der Waals surface area contributed by atoms with Crippen LogP contribution in [0.5, 0.6) is 0 Å². The first-order valence-corrected chi connectivity index (χ1v) is 10.7. The molecule has 3 nitrogen and oxygen atoms in total. The lowest BCUT2D eigenvalue weighted by atomic mass is 9.86. The minimum Gasteiger partial charge on any atom is -0.469 e. The van der Waals surface area contributed by atoms with Crippen molar-refractivity contribution in [2.75, 3.05) is 7.11 Å². The Hall–Kier alpha value is -3.17. The van der Waals surface area contributed by atoms with Gasteiger partial charge in [0.05, 0.1) is 13.0 Å². The number of hydrogen-bond acceptors (Lipinski definition) is 3. The Morgan fingerprint density at radius 1 is 0.903 bits per heavy atom. The quantitative estimate of drug-likeness (QED) is 0.286. The molecule has 0 aromatic heterocycles.